The summed E-state index contributed by atoms with van der Waals surface area (Å²) in [5.41, 5.74) is 4.89. The van der Waals surface area contributed by atoms with Crippen LogP contribution in [0.2, 0.25) is 0 Å². The molecule has 4 nitrogen and oxygen atoms in total. The van der Waals surface area contributed by atoms with Crippen molar-refractivity contribution in [2.24, 2.45) is 0 Å². The summed E-state index contributed by atoms with van der Waals surface area (Å²) in [6.45, 7) is 3.19. The number of nitrogens with one attached hydrogen (secondary N) is 1. The number of hydrogen-bond acceptors (Lipinski definition) is 5. The number of benzene rings is 1. The molecule has 2 N–H and O–H groups in total. The van der Waals surface area contributed by atoms with E-state index < -0.39 is 6.10 Å². The van der Waals surface area contributed by atoms with Crippen LogP contribution < -0.4 is 5.32 Å². The smallest absolute Gasteiger partial charge is 0.0839 e. The number of thiophene rings is 1. The zero-order valence-electron chi connectivity index (χ0n) is 13.5. The number of nitrogens with zero attached hydrogens (tertiary/aromatic N) is 2. The molecule has 0 fully saturated rings. The molecule has 1 aromatic carbocycles. The van der Waals surface area contributed by atoms with Crippen molar-refractivity contribution in [2.45, 2.75) is 19.1 Å². The van der Waals surface area contributed by atoms with E-state index in [1.165, 1.54) is 11.1 Å². The molecule has 0 aliphatic carbocycles. The highest BCUT2D eigenvalue weighted by Gasteiger charge is 2.18. The van der Waals surface area contributed by atoms with Crippen molar-refractivity contribution in [2.75, 3.05) is 25.0 Å². The van der Waals surface area contributed by atoms with E-state index in [1.807, 2.05) is 23.7 Å². The maximum atomic E-state index is 10.4. The van der Waals surface area contributed by atoms with Gasteiger partial charge in [0.25, 0.3) is 0 Å². The molecule has 124 valence electrons. The van der Waals surface area contributed by atoms with E-state index in [1.54, 1.807) is 11.3 Å². The number of fused-ring (bicyclic) bond motifs is 2. The lowest BCUT2D eigenvalue weighted by atomic mass is 10.00. The highest BCUT2D eigenvalue weighted by Crippen LogP contribution is 2.26. The molecule has 0 spiro atoms. The summed E-state index contributed by atoms with van der Waals surface area (Å²) in [5.74, 6) is 0. The van der Waals surface area contributed by atoms with Crippen LogP contribution >= 0.6 is 11.3 Å². The molecular weight excluding hydrogens is 318 g/mol. The van der Waals surface area contributed by atoms with Gasteiger partial charge in [0.15, 0.2) is 0 Å². The zero-order chi connectivity index (χ0) is 16.4. The van der Waals surface area contributed by atoms with Crippen molar-refractivity contribution in [3.8, 4) is 0 Å². The third kappa shape index (κ3) is 3.29. The Labute approximate surface area is 145 Å². The second-order valence-corrected chi connectivity index (χ2v) is 7.20. The van der Waals surface area contributed by atoms with E-state index in [0.717, 1.165) is 35.4 Å². The molecule has 4 rings (SSSR count). The van der Waals surface area contributed by atoms with Crippen LogP contribution in [-0.4, -0.2) is 40.7 Å². The molecule has 1 aliphatic heterocycles. The lowest BCUT2D eigenvalue weighted by Crippen LogP contribution is -2.39. The fourth-order valence-corrected chi connectivity index (χ4v) is 4.15. The minimum atomic E-state index is -0.390. The van der Waals surface area contributed by atoms with Gasteiger partial charge in [-0.2, -0.15) is 0 Å². The summed E-state index contributed by atoms with van der Waals surface area (Å²) in [7, 11) is 0. The molecule has 2 aromatic heterocycles. The molecule has 1 atom stereocenters. The third-order valence-corrected chi connectivity index (χ3v) is 5.49. The first kappa shape index (κ1) is 15.6. The van der Waals surface area contributed by atoms with Crippen LogP contribution in [0.4, 0.5) is 5.69 Å². The summed E-state index contributed by atoms with van der Waals surface area (Å²) >= 11 is 1.68. The number of aromatic nitrogens is 1. The van der Waals surface area contributed by atoms with Crippen molar-refractivity contribution in [1.82, 2.24) is 9.88 Å². The first-order chi connectivity index (χ1) is 11.8. The Bertz CT molecular complexity index is 832. The van der Waals surface area contributed by atoms with Crippen LogP contribution in [0, 0.1) is 0 Å². The molecule has 3 aromatic rings. The van der Waals surface area contributed by atoms with E-state index in [2.05, 4.69) is 39.5 Å². The molecule has 0 radical (unpaired) electrons. The fraction of sp³-hybridized carbons (Fsp3) is 0.316. The summed E-state index contributed by atoms with van der Waals surface area (Å²) in [4.78, 5) is 6.68. The molecule has 0 amide bonds. The topological polar surface area (TPSA) is 48.4 Å². The first-order valence-corrected chi connectivity index (χ1v) is 9.21. The second-order valence-electron chi connectivity index (χ2n) is 6.28. The van der Waals surface area contributed by atoms with Crippen LogP contribution in [0.25, 0.3) is 10.2 Å². The maximum Gasteiger partial charge on any atom is 0.0839 e. The van der Waals surface area contributed by atoms with Gasteiger partial charge in [0, 0.05) is 32.4 Å². The molecule has 1 aliphatic rings. The van der Waals surface area contributed by atoms with Gasteiger partial charge in [-0.15, -0.1) is 11.3 Å². The second kappa shape index (κ2) is 6.89. The number of β-amino-alcohol motifs (C(OH)–C–C–N with tert-alkyl or cyclic N) is 1. The molecule has 0 saturated carbocycles. The Morgan fingerprint density at radius 3 is 3.00 bits per heavy atom. The summed E-state index contributed by atoms with van der Waals surface area (Å²) in [6, 6.07) is 12.6. The fourth-order valence-electron chi connectivity index (χ4n) is 3.31. The molecule has 0 saturated heterocycles. The SMILES string of the molecule is OC(CNc1ccnc2ccsc12)CN1CCc2ccccc2C1. The Morgan fingerprint density at radius 2 is 2.08 bits per heavy atom. The predicted octanol–water partition coefficient (Wildman–Crippen LogP) is 3.13. The minimum absolute atomic E-state index is 0.390. The summed E-state index contributed by atoms with van der Waals surface area (Å²) < 4.78 is 1.15. The third-order valence-electron chi connectivity index (χ3n) is 4.55. The molecule has 0 bridgehead atoms. The summed E-state index contributed by atoms with van der Waals surface area (Å²) in [5, 5.41) is 15.8. The van der Waals surface area contributed by atoms with Crippen molar-refractivity contribution in [1.29, 1.82) is 0 Å². The molecule has 1 unspecified atom stereocenters. The van der Waals surface area contributed by atoms with Gasteiger partial charge < -0.3 is 10.4 Å². The van der Waals surface area contributed by atoms with Gasteiger partial charge in [0.1, 0.15) is 0 Å². The number of aliphatic hydroxyl groups excluding tert-OH is 1. The molecule has 3 heterocycles. The highest BCUT2D eigenvalue weighted by molar-refractivity contribution is 7.17. The highest BCUT2D eigenvalue weighted by atomic mass is 32.1. The summed E-state index contributed by atoms with van der Waals surface area (Å²) in [6.07, 6.45) is 2.49. The van der Waals surface area contributed by atoms with Crippen LogP contribution in [0.15, 0.2) is 48.0 Å². The van der Waals surface area contributed by atoms with Gasteiger partial charge in [-0.05, 0) is 35.1 Å². The molecule has 5 heteroatoms. The molecule has 24 heavy (non-hydrogen) atoms. The number of hydrogen-bond donors (Lipinski definition) is 2. The normalized spacial score (nSPS) is 16.0. The Balaban J connectivity index is 1.34. The average molecular weight is 339 g/mol. The number of rotatable bonds is 5. The Kier molecular flexibility index (Phi) is 4.47. The van der Waals surface area contributed by atoms with Crippen molar-refractivity contribution in [3.05, 3.63) is 59.1 Å². The van der Waals surface area contributed by atoms with Crippen LogP contribution in [0.3, 0.4) is 0 Å². The van der Waals surface area contributed by atoms with Gasteiger partial charge in [-0.3, -0.25) is 9.88 Å². The van der Waals surface area contributed by atoms with Gasteiger partial charge in [-0.1, -0.05) is 24.3 Å². The minimum Gasteiger partial charge on any atom is -0.390 e. The van der Waals surface area contributed by atoms with Crippen molar-refractivity contribution < 1.29 is 5.11 Å². The van der Waals surface area contributed by atoms with E-state index in [4.69, 9.17) is 0 Å². The monoisotopic (exact) mass is 339 g/mol. The van der Waals surface area contributed by atoms with E-state index in [-0.39, 0.29) is 0 Å². The number of pyridine rings is 1. The van der Waals surface area contributed by atoms with E-state index in [9.17, 15) is 5.11 Å². The number of aliphatic hydroxyl groups is 1. The Morgan fingerprint density at radius 1 is 1.21 bits per heavy atom. The molecular formula is C19H21N3OS. The zero-order valence-corrected chi connectivity index (χ0v) is 14.3. The predicted molar refractivity (Wildman–Crippen MR) is 99.5 cm³/mol. The van der Waals surface area contributed by atoms with Crippen molar-refractivity contribution >= 4 is 27.2 Å². The van der Waals surface area contributed by atoms with Gasteiger partial charge in [-0.25, -0.2) is 0 Å². The van der Waals surface area contributed by atoms with Gasteiger partial charge in [0.2, 0.25) is 0 Å². The number of anilines is 1. The van der Waals surface area contributed by atoms with Crippen LogP contribution in [0.5, 0.6) is 0 Å². The average Bonchev–Trinajstić information content (AvgIpc) is 3.09. The van der Waals surface area contributed by atoms with Crippen molar-refractivity contribution in [3.63, 3.8) is 0 Å². The Hall–Kier alpha value is -1.95. The van der Waals surface area contributed by atoms with E-state index in [0.29, 0.717) is 13.1 Å². The quantitative estimate of drug-likeness (QED) is 0.750. The standard InChI is InChI=1S/C19H21N3OS/c23-16(11-21-17-5-8-20-18-7-10-24-19(17)18)13-22-9-6-14-3-1-2-4-15(14)12-22/h1-5,7-8,10,16,23H,6,9,11-13H2,(H,20,21). The maximum absolute atomic E-state index is 10.4. The largest absolute Gasteiger partial charge is 0.390 e. The first-order valence-electron chi connectivity index (χ1n) is 8.33. The van der Waals surface area contributed by atoms with Crippen LogP contribution in [-0.2, 0) is 13.0 Å². The van der Waals surface area contributed by atoms with Crippen LogP contribution in [0.1, 0.15) is 11.1 Å². The lowest BCUT2D eigenvalue weighted by Gasteiger charge is -2.30. The lowest BCUT2D eigenvalue weighted by molar-refractivity contribution is 0.114. The van der Waals surface area contributed by atoms with E-state index >= 15 is 0 Å². The van der Waals surface area contributed by atoms with Gasteiger partial charge >= 0.3 is 0 Å². The van der Waals surface area contributed by atoms with Gasteiger partial charge in [0.05, 0.1) is 22.0 Å².